The maximum atomic E-state index is 12.9. The molecule has 0 atom stereocenters. The van der Waals surface area contributed by atoms with Gasteiger partial charge in [-0.15, -0.1) is 0 Å². The van der Waals surface area contributed by atoms with Crippen molar-refractivity contribution in [3.8, 4) is 5.69 Å². The van der Waals surface area contributed by atoms with E-state index < -0.39 is 26.7 Å². The lowest BCUT2D eigenvalue weighted by Gasteiger charge is -2.13. The number of aromatic nitrogens is 2. The first-order valence-electron chi connectivity index (χ1n) is 7.58. The molecule has 142 valence electrons. The van der Waals surface area contributed by atoms with Crippen molar-refractivity contribution in [2.24, 2.45) is 0 Å². The van der Waals surface area contributed by atoms with Gasteiger partial charge in [0.15, 0.2) is 0 Å². The minimum absolute atomic E-state index is 0.163. The third-order valence-electron chi connectivity index (χ3n) is 3.72. The largest absolute Gasteiger partial charge is 0.416 e. The Morgan fingerprint density at radius 2 is 1.85 bits per heavy atom. The lowest BCUT2D eigenvalue weighted by Crippen LogP contribution is -2.15. The number of nitrogens with one attached hydrogen (secondary N) is 1. The van der Waals surface area contributed by atoms with Gasteiger partial charge in [-0.25, -0.2) is 13.1 Å². The molecule has 0 aliphatic heterocycles. The van der Waals surface area contributed by atoms with Crippen LogP contribution >= 0.6 is 11.6 Å². The lowest BCUT2D eigenvalue weighted by molar-refractivity contribution is -0.137. The van der Waals surface area contributed by atoms with E-state index in [0.29, 0.717) is 11.8 Å². The average molecular weight is 416 g/mol. The van der Waals surface area contributed by atoms with E-state index in [2.05, 4.69) is 9.82 Å². The molecule has 2 aromatic carbocycles. The average Bonchev–Trinajstić information content (AvgIpc) is 3.00. The molecule has 0 spiro atoms. The van der Waals surface area contributed by atoms with Crippen LogP contribution in [0.3, 0.4) is 0 Å². The van der Waals surface area contributed by atoms with Crippen LogP contribution in [0, 0.1) is 6.92 Å². The molecule has 27 heavy (non-hydrogen) atoms. The molecular weight excluding hydrogens is 403 g/mol. The van der Waals surface area contributed by atoms with Gasteiger partial charge < -0.3 is 0 Å². The summed E-state index contributed by atoms with van der Waals surface area (Å²) < 4.78 is 67.7. The van der Waals surface area contributed by atoms with Crippen LogP contribution in [0.25, 0.3) is 5.69 Å². The highest BCUT2D eigenvalue weighted by atomic mass is 35.5. The summed E-state index contributed by atoms with van der Waals surface area (Å²) in [6, 6.07) is 10.2. The van der Waals surface area contributed by atoms with Crippen molar-refractivity contribution in [3.63, 3.8) is 0 Å². The molecule has 1 N–H and O–H groups in total. The Morgan fingerprint density at radius 3 is 2.48 bits per heavy atom. The van der Waals surface area contributed by atoms with Gasteiger partial charge in [0.1, 0.15) is 4.90 Å². The van der Waals surface area contributed by atoms with Crippen molar-refractivity contribution >= 4 is 27.3 Å². The molecule has 3 aromatic rings. The number of halogens is 4. The summed E-state index contributed by atoms with van der Waals surface area (Å²) in [6.07, 6.45) is -3.10. The van der Waals surface area contributed by atoms with Gasteiger partial charge >= 0.3 is 6.18 Å². The van der Waals surface area contributed by atoms with E-state index in [4.69, 9.17) is 11.6 Å². The van der Waals surface area contributed by atoms with Crippen LogP contribution in [-0.2, 0) is 16.2 Å². The van der Waals surface area contributed by atoms with Crippen molar-refractivity contribution in [2.45, 2.75) is 18.0 Å². The van der Waals surface area contributed by atoms with Gasteiger partial charge in [0.05, 0.1) is 22.0 Å². The molecule has 10 heteroatoms. The van der Waals surface area contributed by atoms with Crippen LogP contribution in [0.2, 0.25) is 5.02 Å². The summed E-state index contributed by atoms with van der Waals surface area (Å²) in [5, 5.41) is 3.82. The van der Waals surface area contributed by atoms with Crippen LogP contribution < -0.4 is 4.72 Å². The van der Waals surface area contributed by atoms with Gasteiger partial charge in [-0.3, -0.25) is 4.72 Å². The van der Waals surface area contributed by atoms with Crippen LogP contribution in [0.4, 0.5) is 18.9 Å². The van der Waals surface area contributed by atoms with Gasteiger partial charge in [0.2, 0.25) is 0 Å². The molecule has 1 heterocycles. The summed E-state index contributed by atoms with van der Waals surface area (Å²) in [7, 11) is -4.33. The Morgan fingerprint density at radius 1 is 1.11 bits per heavy atom. The number of hydrogen-bond donors (Lipinski definition) is 1. The smallest absolute Gasteiger partial charge is 0.280 e. The summed E-state index contributed by atoms with van der Waals surface area (Å²) in [5.41, 5.74) is 0.479. The number of anilines is 1. The summed E-state index contributed by atoms with van der Waals surface area (Å²) in [6.45, 7) is 1.83. The second-order valence-corrected chi connectivity index (χ2v) is 7.74. The highest BCUT2D eigenvalue weighted by Gasteiger charge is 2.32. The van der Waals surface area contributed by atoms with Crippen LogP contribution in [-0.4, -0.2) is 18.2 Å². The molecule has 0 unspecified atom stereocenters. The third-order valence-corrected chi connectivity index (χ3v) is 5.59. The number of aryl methyl sites for hydroxylation is 1. The SMILES string of the molecule is Cc1ccnn1-c1cccc(NS(=O)(=O)c2cc(C(F)(F)F)ccc2Cl)c1. The fourth-order valence-electron chi connectivity index (χ4n) is 2.44. The monoisotopic (exact) mass is 415 g/mol. The van der Waals surface area contributed by atoms with Gasteiger partial charge in [0, 0.05) is 11.9 Å². The molecule has 5 nitrogen and oxygen atoms in total. The maximum absolute atomic E-state index is 12.9. The van der Waals surface area contributed by atoms with E-state index in [9.17, 15) is 21.6 Å². The zero-order chi connectivity index (χ0) is 19.8. The Kier molecular flexibility index (Phi) is 4.92. The number of rotatable bonds is 4. The molecule has 1 aromatic heterocycles. The molecule has 0 bridgehead atoms. The predicted molar refractivity (Wildman–Crippen MR) is 95.6 cm³/mol. The highest BCUT2D eigenvalue weighted by Crippen LogP contribution is 2.34. The molecule has 0 aliphatic rings. The summed E-state index contributed by atoms with van der Waals surface area (Å²) in [4.78, 5) is -0.653. The standard InChI is InChI=1S/C17H13ClF3N3O2S/c1-11-7-8-22-24(11)14-4-2-3-13(10-14)23-27(25,26)16-9-12(17(19,20)21)5-6-15(16)18/h2-10,23H,1H3. The van der Waals surface area contributed by atoms with E-state index in [1.807, 2.05) is 6.92 Å². The van der Waals surface area contributed by atoms with E-state index in [0.717, 1.165) is 17.8 Å². The van der Waals surface area contributed by atoms with Gasteiger partial charge in [-0.1, -0.05) is 17.7 Å². The zero-order valence-corrected chi connectivity index (χ0v) is 15.4. The van der Waals surface area contributed by atoms with Crippen LogP contribution in [0.1, 0.15) is 11.3 Å². The van der Waals surface area contributed by atoms with Gasteiger partial charge in [0.25, 0.3) is 10.0 Å². The second-order valence-electron chi connectivity index (χ2n) is 5.68. The molecule has 3 rings (SSSR count). The van der Waals surface area contributed by atoms with E-state index in [1.54, 1.807) is 29.1 Å². The normalized spacial score (nSPS) is 12.2. The van der Waals surface area contributed by atoms with Crippen molar-refractivity contribution in [1.29, 1.82) is 0 Å². The number of alkyl halides is 3. The third kappa shape index (κ3) is 4.09. The summed E-state index contributed by atoms with van der Waals surface area (Å²) >= 11 is 5.83. The van der Waals surface area contributed by atoms with Crippen LogP contribution in [0.15, 0.2) is 59.6 Å². The second kappa shape index (κ2) is 6.90. The fraction of sp³-hybridized carbons (Fsp3) is 0.118. The quantitative estimate of drug-likeness (QED) is 0.674. The van der Waals surface area contributed by atoms with E-state index in [-0.39, 0.29) is 10.7 Å². The van der Waals surface area contributed by atoms with Gasteiger partial charge in [-0.05, 0) is 49.4 Å². The highest BCUT2D eigenvalue weighted by molar-refractivity contribution is 7.92. The first-order valence-corrected chi connectivity index (χ1v) is 9.45. The Labute approximate surface area is 158 Å². The van der Waals surface area contributed by atoms with Crippen LogP contribution in [0.5, 0.6) is 0 Å². The minimum Gasteiger partial charge on any atom is -0.280 e. The van der Waals surface area contributed by atoms with Crippen molar-refractivity contribution < 1.29 is 21.6 Å². The Balaban J connectivity index is 1.97. The van der Waals surface area contributed by atoms with Crippen molar-refractivity contribution in [2.75, 3.05) is 4.72 Å². The van der Waals surface area contributed by atoms with Gasteiger partial charge in [-0.2, -0.15) is 18.3 Å². The topological polar surface area (TPSA) is 64.0 Å². The molecule has 0 saturated carbocycles. The molecule has 0 fully saturated rings. The number of sulfonamides is 1. The Hall–Kier alpha value is -2.52. The number of hydrogen-bond acceptors (Lipinski definition) is 3. The first kappa shape index (κ1) is 19.2. The molecule has 0 aliphatic carbocycles. The number of nitrogens with zero attached hydrogens (tertiary/aromatic N) is 2. The fourth-order valence-corrected chi connectivity index (χ4v) is 4.01. The maximum Gasteiger partial charge on any atom is 0.416 e. The molecule has 0 amide bonds. The van der Waals surface area contributed by atoms with E-state index in [1.165, 1.54) is 12.1 Å². The first-order chi connectivity index (χ1) is 12.6. The van der Waals surface area contributed by atoms with Crippen molar-refractivity contribution in [3.05, 3.63) is 71.0 Å². The number of benzene rings is 2. The zero-order valence-electron chi connectivity index (χ0n) is 13.8. The lowest BCUT2D eigenvalue weighted by atomic mass is 10.2. The van der Waals surface area contributed by atoms with E-state index >= 15 is 0 Å². The molecule has 0 radical (unpaired) electrons. The Bertz CT molecular complexity index is 1090. The predicted octanol–water partition coefficient (Wildman–Crippen LogP) is 4.65. The molecule has 0 saturated heterocycles. The van der Waals surface area contributed by atoms with Crippen molar-refractivity contribution in [1.82, 2.24) is 9.78 Å². The molecular formula is C17H13ClF3N3O2S. The minimum atomic E-state index is -4.69. The summed E-state index contributed by atoms with van der Waals surface area (Å²) in [5.74, 6) is 0.